The molecule has 0 radical (unpaired) electrons. The SMILES string of the molecule is Cc1c(Br)c(C(=O)NC(CO)C(O)c2ccc([N+](=O)[O-])cc2)nn1C. The highest BCUT2D eigenvalue weighted by Gasteiger charge is 2.26. The van der Waals surface area contributed by atoms with Gasteiger partial charge in [0.15, 0.2) is 5.69 Å². The van der Waals surface area contributed by atoms with E-state index in [1.165, 1.54) is 28.9 Å². The molecule has 0 aliphatic heterocycles. The summed E-state index contributed by atoms with van der Waals surface area (Å²) >= 11 is 3.28. The van der Waals surface area contributed by atoms with Crippen molar-refractivity contribution in [1.82, 2.24) is 15.1 Å². The van der Waals surface area contributed by atoms with Crippen LogP contribution in [0.3, 0.4) is 0 Å². The molecule has 10 heteroatoms. The van der Waals surface area contributed by atoms with Crippen molar-refractivity contribution in [3.05, 3.63) is 55.8 Å². The van der Waals surface area contributed by atoms with Crippen molar-refractivity contribution in [3.63, 3.8) is 0 Å². The number of halogens is 1. The largest absolute Gasteiger partial charge is 0.394 e. The van der Waals surface area contributed by atoms with Gasteiger partial charge in [-0.3, -0.25) is 19.6 Å². The number of aromatic nitrogens is 2. The normalized spacial score (nSPS) is 13.3. The molecule has 134 valence electrons. The molecule has 2 rings (SSSR count). The van der Waals surface area contributed by atoms with E-state index in [-0.39, 0.29) is 11.4 Å². The van der Waals surface area contributed by atoms with Crippen LogP contribution in [-0.2, 0) is 7.05 Å². The van der Waals surface area contributed by atoms with Gasteiger partial charge in [0, 0.05) is 19.2 Å². The number of nitro groups is 1. The van der Waals surface area contributed by atoms with Crippen LogP contribution in [0.2, 0.25) is 0 Å². The first-order chi connectivity index (χ1) is 11.8. The first-order valence-electron chi connectivity index (χ1n) is 7.29. The van der Waals surface area contributed by atoms with Crippen molar-refractivity contribution < 1.29 is 19.9 Å². The molecule has 1 amide bonds. The molecule has 0 aliphatic carbocycles. The van der Waals surface area contributed by atoms with Gasteiger partial charge in [-0.25, -0.2) is 0 Å². The van der Waals surface area contributed by atoms with Gasteiger partial charge < -0.3 is 15.5 Å². The molecular formula is C15H17BrN4O5. The number of non-ortho nitro benzene ring substituents is 1. The molecule has 0 spiro atoms. The van der Waals surface area contributed by atoms with Gasteiger partial charge in [-0.05, 0) is 40.5 Å². The summed E-state index contributed by atoms with van der Waals surface area (Å²) in [7, 11) is 1.69. The number of hydrogen-bond acceptors (Lipinski definition) is 6. The van der Waals surface area contributed by atoms with Gasteiger partial charge in [-0.15, -0.1) is 0 Å². The summed E-state index contributed by atoms with van der Waals surface area (Å²) in [6, 6.07) is 4.24. The van der Waals surface area contributed by atoms with E-state index in [1.807, 2.05) is 0 Å². The van der Waals surface area contributed by atoms with Crippen LogP contribution >= 0.6 is 15.9 Å². The summed E-state index contributed by atoms with van der Waals surface area (Å²) in [4.78, 5) is 22.5. The minimum absolute atomic E-state index is 0.117. The molecule has 0 bridgehead atoms. The maximum absolute atomic E-state index is 12.4. The summed E-state index contributed by atoms with van der Waals surface area (Å²) in [6.07, 6.45) is -1.24. The number of aryl methyl sites for hydroxylation is 1. The maximum Gasteiger partial charge on any atom is 0.273 e. The second-order valence-corrected chi connectivity index (χ2v) is 6.22. The summed E-state index contributed by atoms with van der Waals surface area (Å²) in [5, 5.41) is 37.1. The van der Waals surface area contributed by atoms with Gasteiger partial charge >= 0.3 is 0 Å². The third-order valence-electron chi connectivity index (χ3n) is 3.82. The molecule has 3 N–H and O–H groups in total. The molecular weight excluding hydrogens is 396 g/mol. The van der Waals surface area contributed by atoms with E-state index >= 15 is 0 Å². The van der Waals surface area contributed by atoms with E-state index in [0.29, 0.717) is 10.0 Å². The molecule has 1 heterocycles. The third-order valence-corrected chi connectivity index (χ3v) is 4.77. The zero-order valence-corrected chi connectivity index (χ0v) is 15.1. The van der Waals surface area contributed by atoms with Crippen LogP contribution in [0, 0.1) is 17.0 Å². The second kappa shape index (κ2) is 7.72. The van der Waals surface area contributed by atoms with Crippen molar-refractivity contribution in [2.45, 2.75) is 19.1 Å². The Kier molecular flexibility index (Phi) is 5.88. The Morgan fingerprint density at radius 1 is 1.44 bits per heavy atom. The van der Waals surface area contributed by atoms with Crippen LogP contribution in [0.4, 0.5) is 5.69 Å². The lowest BCUT2D eigenvalue weighted by molar-refractivity contribution is -0.384. The number of rotatable bonds is 6. The maximum atomic E-state index is 12.4. The number of carbonyl (C=O) groups is 1. The molecule has 1 aromatic heterocycles. The summed E-state index contributed by atoms with van der Waals surface area (Å²) in [6.45, 7) is 1.26. The number of nitrogens with one attached hydrogen (secondary N) is 1. The molecule has 0 saturated carbocycles. The molecule has 0 fully saturated rings. The predicted molar refractivity (Wildman–Crippen MR) is 92.0 cm³/mol. The average Bonchev–Trinajstić information content (AvgIpc) is 2.86. The molecule has 0 aliphatic rings. The molecule has 2 unspecified atom stereocenters. The van der Waals surface area contributed by atoms with E-state index in [4.69, 9.17) is 0 Å². The standard InChI is InChI=1S/C15H17BrN4O5/c1-8-12(16)13(18-19(8)2)15(23)17-11(7-21)14(22)9-3-5-10(6-4-9)20(24)25/h3-6,11,14,21-22H,7H2,1-2H3,(H,17,23). The number of aliphatic hydroxyl groups is 2. The Bertz CT molecular complexity index is 790. The number of amides is 1. The zero-order valence-electron chi connectivity index (χ0n) is 13.5. The van der Waals surface area contributed by atoms with Gasteiger partial charge in [-0.1, -0.05) is 0 Å². The Labute approximate surface area is 151 Å². The van der Waals surface area contributed by atoms with Crippen LogP contribution < -0.4 is 5.32 Å². The number of aliphatic hydroxyl groups excluding tert-OH is 2. The predicted octanol–water partition coefficient (Wildman–Crippen LogP) is 1.22. The van der Waals surface area contributed by atoms with E-state index in [9.17, 15) is 25.1 Å². The Morgan fingerprint density at radius 3 is 2.48 bits per heavy atom. The monoisotopic (exact) mass is 412 g/mol. The minimum atomic E-state index is -1.24. The lowest BCUT2D eigenvalue weighted by Crippen LogP contribution is -2.42. The van der Waals surface area contributed by atoms with Crippen molar-refractivity contribution in [3.8, 4) is 0 Å². The van der Waals surface area contributed by atoms with Crippen molar-refractivity contribution >= 4 is 27.5 Å². The second-order valence-electron chi connectivity index (χ2n) is 5.43. The quantitative estimate of drug-likeness (QED) is 0.482. The first kappa shape index (κ1) is 19.0. The van der Waals surface area contributed by atoms with Crippen molar-refractivity contribution in [2.75, 3.05) is 6.61 Å². The summed E-state index contributed by atoms with van der Waals surface area (Å²) in [5.41, 5.74) is 1.10. The third kappa shape index (κ3) is 4.03. The number of nitro benzene ring substituents is 1. The lowest BCUT2D eigenvalue weighted by Gasteiger charge is -2.22. The van der Waals surface area contributed by atoms with Crippen LogP contribution in [0.1, 0.15) is 27.8 Å². The Morgan fingerprint density at radius 2 is 2.04 bits per heavy atom. The molecule has 2 aromatic rings. The van der Waals surface area contributed by atoms with Gasteiger partial charge in [0.2, 0.25) is 0 Å². The smallest absolute Gasteiger partial charge is 0.273 e. The van der Waals surface area contributed by atoms with Crippen LogP contribution in [-0.4, -0.2) is 43.5 Å². The van der Waals surface area contributed by atoms with Gasteiger partial charge in [-0.2, -0.15) is 5.10 Å². The van der Waals surface area contributed by atoms with Crippen molar-refractivity contribution in [1.29, 1.82) is 0 Å². The topological polar surface area (TPSA) is 131 Å². The first-order valence-corrected chi connectivity index (χ1v) is 8.08. The fraction of sp³-hybridized carbons (Fsp3) is 0.333. The van der Waals surface area contributed by atoms with Gasteiger partial charge in [0.1, 0.15) is 6.10 Å². The summed E-state index contributed by atoms with van der Waals surface area (Å²) < 4.78 is 2.05. The highest BCUT2D eigenvalue weighted by Crippen LogP contribution is 2.23. The molecule has 0 saturated heterocycles. The molecule has 9 nitrogen and oxygen atoms in total. The van der Waals surface area contributed by atoms with E-state index in [0.717, 1.165) is 5.69 Å². The number of hydrogen-bond donors (Lipinski definition) is 3. The fourth-order valence-electron chi connectivity index (χ4n) is 2.21. The average molecular weight is 413 g/mol. The highest BCUT2D eigenvalue weighted by molar-refractivity contribution is 9.10. The lowest BCUT2D eigenvalue weighted by atomic mass is 10.0. The van der Waals surface area contributed by atoms with E-state index < -0.39 is 29.6 Å². The van der Waals surface area contributed by atoms with Crippen LogP contribution in [0.5, 0.6) is 0 Å². The molecule has 2 atom stereocenters. The van der Waals surface area contributed by atoms with E-state index in [2.05, 4.69) is 26.3 Å². The Balaban J connectivity index is 2.16. The zero-order chi connectivity index (χ0) is 18.7. The number of nitrogens with zero attached hydrogens (tertiary/aromatic N) is 3. The minimum Gasteiger partial charge on any atom is -0.394 e. The number of benzene rings is 1. The van der Waals surface area contributed by atoms with Crippen LogP contribution in [0.15, 0.2) is 28.7 Å². The van der Waals surface area contributed by atoms with Crippen molar-refractivity contribution in [2.24, 2.45) is 7.05 Å². The Hall–Kier alpha value is -2.30. The number of carbonyl (C=O) groups excluding carboxylic acids is 1. The van der Waals surface area contributed by atoms with E-state index in [1.54, 1.807) is 14.0 Å². The highest BCUT2D eigenvalue weighted by atomic mass is 79.9. The summed E-state index contributed by atoms with van der Waals surface area (Å²) in [5.74, 6) is -0.560. The van der Waals surface area contributed by atoms with Gasteiger partial charge in [0.05, 0.1) is 27.7 Å². The van der Waals surface area contributed by atoms with Gasteiger partial charge in [0.25, 0.3) is 11.6 Å². The molecule has 25 heavy (non-hydrogen) atoms. The van der Waals surface area contributed by atoms with Crippen LogP contribution in [0.25, 0.3) is 0 Å². The fourth-order valence-corrected chi connectivity index (χ4v) is 2.73. The molecule has 1 aromatic carbocycles.